The molecule has 1 aliphatic rings. The molecular weight excluding hydrogens is 280 g/mol. The second-order valence-electron chi connectivity index (χ2n) is 6.80. The fourth-order valence-corrected chi connectivity index (χ4v) is 2.25. The fraction of sp³-hybridized carbons (Fsp3) is 0.688. The molecule has 1 aliphatic carbocycles. The van der Waals surface area contributed by atoms with E-state index in [0.29, 0.717) is 19.0 Å². The van der Waals surface area contributed by atoms with Gasteiger partial charge in [-0.15, -0.1) is 0 Å². The fourth-order valence-electron chi connectivity index (χ4n) is 2.25. The lowest BCUT2D eigenvalue weighted by atomic mass is 10.2. The van der Waals surface area contributed by atoms with Crippen molar-refractivity contribution in [2.45, 2.75) is 58.7 Å². The normalized spacial score (nSPS) is 16.2. The Bertz CT molecular complexity index is 509. The number of carbonyl (C=O) groups excluding carboxylic acids is 1. The Balaban J connectivity index is 1.79. The highest BCUT2D eigenvalue weighted by molar-refractivity contribution is 5.67. The Morgan fingerprint density at radius 3 is 2.77 bits per heavy atom. The van der Waals surface area contributed by atoms with E-state index in [1.807, 2.05) is 33.8 Å². The van der Waals surface area contributed by atoms with Crippen molar-refractivity contribution in [1.29, 1.82) is 0 Å². The molecule has 1 fully saturated rings. The minimum atomic E-state index is -0.467. The van der Waals surface area contributed by atoms with E-state index in [2.05, 4.69) is 20.6 Å². The van der Waals surface area contributed by atoms with Crippen molar-refractivity contribution in [1.82, 2.24) is 20.6 Å². The molecule has 22 heavy (non-hydrogen) atoms. The van der Waals surface area contributed by atoms with E-state index in [4.69, 9.17) is 4.74 Å². The van der Waals surface area contributed by atoms with E-state index in [9.17, 15) is 4.79 Å². The summed E-state index contributed by atoms with van der Waals surface area (Å²) < 4.78 is 5.27. The van der Waals surface area contributed by atoms with Gasteiger partial charge in [0.2, 0.25) is 0 Å². The molecule has 0 bridgehead atoms. The minimum absolute atomic E-state index is 0.253. The molecule has 1 aromatic heterocycles. The van der Waals surface area contributed by atoms with Gasteiger partial charge in [0, 0.05) is 25.3 Å². The van der Waals surface area contributed by atoms with Crippen LogP contribution in [0.5, 0.6) is 0 Å². The van der Waals surface area contributed by atoms with Crippen LogP contribution in [0, 0.1) is 12.8 Å². The molecule has 0 aliphatic heterocycles. The number of alkyl carbamates (subject to hydrolysis) is 1. The van der Waals surface area contributed by atoms with Gasteiger partial charge < -0.3 is 15.4 Å². The molecule has 6 heteroatoms. The predicted molar refractivity (Wildman–Crippen MR) is 84.4 cm³/mol. The van der Waals surface area contributed by atoms with E-state index in [1.165, 1.54) is 12.8 Å². The topological polar surface area (TPSA) is 76.1 Å². The Kier molecular flexibility index (Phi) is 5.34. The summed E-state index contributed by atoms with van der Waals surface area (Å²) in [6.45, 7) is 8.72. The van der Waals surface area contributed by atoms with Crippen molar-refractivity contribution >= 4 is 6.09 Å². The van der Waals surface area contributed by atoms with Crippen molar-refractivity contribution in [2.75, 3.05) is 6.54 Å². The molecule has 2 rings (SSSR count). The van der Waals surface area contributed by atoms with Crippen LogP contribution in [-0.2, 0) is 11.3 Å². The molecule has 1 unspecified atom stereocenters. The summed E-state index contributed by atoms with van der Waals surface area (Å²) >= 11 is 0. The summed E-state index contributed by atoms with van der Waals surface area (Å²) in [5, 5.41) is 6.33. The maximum absolute atomic E-state index is 11.7. The smallest absolute Gasteiger partial charge is 0.407 e. The van der Waals surface area contributed by atoms with Crippen molar-refractivity contribution in [2.24, 2.45) is 5.92 Å². The van der Waals surface area contributed by atoms with Crippen LogP contribution >= 0.6 is 0 Å². The van der Waals surface area contributed by atoms with E-state index >= 15 is 0 Å². The summed E-state index contributed by atoms with van der Waals surface area (Å²) in [4.78, 5) is 20.2. The van der Waals surface area contributed by atoms with Gasteiger partial charge in [-0.05, 0) is 52.5 Å². The summed E-state index contributed by atoms with van der Waals surface area (Å²) in [6, 6.07) is 2.16. The Labute approximate surface area is 132 Å². The molecule has 0 aromatic carbocycles. The highest BCUT2D eigenvalue weighted by atomic mass is 16.6. The van der Waals surface area contributed by atoms with Crippen molar-refractivity contribution < 1.29 is 9.53 Å². The van der Waals surface area contributed by atoms with Crippen LogP contribution in [0.25, 0.3) is 0 Å². The molecule has 1 saturated carbocycles. The summed E-state index contributed by atoms with van der Waals surface area (Å²) in [6.07, 6.45) is 3.81. The lowest BCUT2D eigenvalue weighted by Gasteiger charge is -2.22. The molecule has 1 heterocycles. The molecule has 1 atom stereocenters. The van der Waals surface area contributed by atoms with Crippen molar-refractivity contribution in [3.05, 3.63) is 23.8 Å². The number of hydrogen-bond acceptors (Lipinski definition) is 5. The Morgan fingerprint density at radius 2 is 2.18 bits per heavy atom. The van der Waals surface area contributed by atoms with E-state index in [-0.39, 0.29) is 12.1 Å². The van der Waals surface area contributed by atoms with Crippen LogP contribution in [0.1, 0.15) is 45.1 Å². The molecule has 2 N–H and O–H groups in total. The number of amides is 1. The van der Waals surface area contributed by atoms with Crippen LogP contribution < -0.4 is 10.6 Å². The largest absolute Gasteiger partial charge is 0.444 e. The molecule has 0 saturated heterocycles. The lowest BCUT2D eigenvalue weighted by Crippen LogP contribution is -2.43. The third-order valence-corrected chi connectivity index (χ3v) is 3.44. The average Bonchev–Trinajstić information content (AvgIpc) is 3.21. The van der Waals surface area contributed by atoms with Crippen LogP contribution in [0.2, 0.25) is 0 Å². The van der Waals surface area contributed by atoms with Crippen LogP contribution in [0.3, 0.4) is 0 Å². The van der Waals surface area contributed by atoms with Crippen LogP contribution in [0.15, 0.2) is 12.3 Å². The van der Waals surface area contributed by atoms with Gasteiger partial charge in [0.1, 0.15) is 11.4 Å². The average molecular weight is 306 g/mol. The standard InChI is InChI=1S/C16H26N4O2/c1-11-17-8-7-13(20-11)9-18-14(12-5-6-12)10-19-15(21)22-16(2,3)4/h7-8,12,14,18H,5-6,9-10H2,1-4H3,(H,19,21). The first kappa shape index (κ1) is 16.7. The first-order chi connectivity index (χ1) is 10.3. The quantitative estimate of drug-likeness (QED) is 0.842. The second kappa shape index (κ2) is 7.05. The summed E-state index contributed by atoms with van der Waals surface area (Å²) in [5.74, 6) is 1.40. The third kappa shape index (κ3) is 5.97. The Morgan fingerprint density at radius 1 is 1.45 bits per heavy atom. The molecule has 6 nitrogen and oxygen atoms in total. The van der Waals surface area contributed by atoms with Gasteiger partial charge in [-0.1, -0.05) is 0 Å². The number of hydrogen-bond donors (Lipinski definition) is 2. The monoisotopic (exact) mass is 306 g/mol. The van der Waals surface area contributed by atoms with Gasteiger partial charge in [0.15, 0.2) is 0 Å². The maximum atomic E-state index is 11.7. The third-order valence-electron chi connectivity index (χ3n) is 3.44. The summed E-state index contributed by atoms with van der Waals surface area (Å²) in [7, 11) is 0. The van der Waals surface area contributed by atoms with Crippen molar-refractivity contribution in [3.8, 4) is 0 Å². The molecule has 0 spiro atoms. The van der Waals surface area contributed by atoms with Gasteiger partial charge in [0.05, 0.1) is 5.69 Å². The van der Waals surface area contributed by atoms with Gasteiger partial charge in [0.25, 0.3) is 0 Å². The minimum Gasteiger partial charge on any atom is -0.444 e. The van der Waals surface area contributed by atoms with E-state index < -0.39 is 5.60 Å². The number of carbonyl (C=O) groups is 1. The number of aryl methyl sites for hydroxylation is 1. The maximum Gasteiger partial charge on any atom is 0.407 e. The first-order valence-electron chi connectivity index (χ1n) is 7.82. The number of rotatable bonds is 6. The number of nitrogens with zero attached hydrogens (tertiary/aromatic N) is 2. The molecule has 1 aromatic rings. The molecular formula is C16H26N4O2. The van der Waals surface area contributed by atoms with E-state index in [0.717, 1.165) is 11.5 Å². The van der Waals surface area contributed by atoms with Crippen molar-refractivity contribution in [3.63, 3.8) is 0 Å². The van der Waals surface area contributed by atoms with E-state index in [1.54, 1.807) is 6.20 Å². The molecule has 0 radical (unpaired) electrons. The molecule has 1 amide bonds. The summed E-state index contributed by atoms with van der Waals surface area (Å²) in [5.41, 5.74) is 0.501. The number of aromatic nitrogens is 2. The molecule has 122 valence electrons. The SMILES string of the molecule is Cc1nccc(CNC(CNC(=O)OC(C)(C)C)C2CC2)n1. The van der Waals surface area contributed by atoms with Gasteiger partial charge in [-0.2, -0.15) is 0 Å². The zero-order chi connectivity index (χ0) is 16.2. The second-order valence-corrected chi connectivity index (χ2v) is 6.80. The predicted octanol–water partition coefficient (Wildman–Crippen LogP) is 2.18. The van der Waals surface area contributed by atoms with Gasteiger partial charge in [-0.3, -0.25) is 0 Å². The van der Waals surface area contributed by atoms with Crippen LogP contribution in [-0.4, -0.2) is 34.2 Å². The number of nitrogens with one attached hydrogen (secondary N) is 2. The van der Waals surface area contributed by atoms with Crippen LogP contribution in [0.4, 0.5) is 4.79 Å². The highest BCUT2D eigenvalue weighted by Crippen LogP contribution is 2.32. The Hall–Kier alpha value is -1.69. The number of ether oxygens (including phenoxy) is 1. The zero-order valence-corrected chi connectivity index (χ0v) is 13.8. The van der Waals surface area contributed by atoms with Gasteiger partial charge in [-0.25, -0.2) is 14.8 Å². The zero-order valence-electron chi connectivity index (χ0n) is 13.8. The lowest BCUT2D eigenvalue weighted by molar-refractivity contribution is 0.0521. The van der Waals surface area contributed by atoms with Gasteiger partial charge >= 0.3 is 6.09 Å². The highest BCUT2D eigenvalue weighted by Gasteiger charge is 2.31. The first-order valence-corrected chi connectivity index (χ1v) is 7.82.